The maximum absolute atomic E-state index is 14.1. The molecule has 2 aromatic rings. The number of halogens is 2. The average molecular weight is 355 g/mol. The van der Waals surface area contributed by atoms with Crippen molar-refractivity contribution in [1.82, 2.24) is 4.98 Å². The standard InChI is InChI=1S/C15H16BrFN2S/c1-2-11(18)8-10-5-6-14(13(17)9-10)20-15-12(16)4-3-7-19-15/h3-7,9,11H,2,8,18H2,1H3. The molecule has 20 heavy (non-hydrogen) atoms. The third-order valence-corrected chi connectivity index (χ3v) is 4.92. The fourth-order valence-corrected chi connectivity index (χ4v) is 3.03. The third-order valence-electron chi connectivity index (χ3n) is 2.95. The fourth-order valence-electron chi connectivity index (χ4n) is 1.75. The van der Waals surface area contributed by atoms with Crippen molar-refractivity contribution in [2.24, 2.45) is 5.73 Å². The van der Waals surface area contributed by atoms with Crippen LogP contribution in [0.25, 0.3) is 0 Å². The van der Waals surface area contributed by atoms with Crippen LogP contribution in [0.4, 0.5) is 4.39 Å². The minimum Gasteiger partial charge on any atom is -0.327 e. The van der Waals surface area contributed by atoms with Gasteiger partial charge in [0.25, 0.3) is 0 Å². The summed E-state index contributed by atoms with van der Waals surface area (Å²) < 4.78 is 15.0. The second-order valence-corrected chi connectivity index (χ2v) is 6.41. The summed E-state index contributed by atoms with van der Waals surface area (Å²) in [7, 11) is 0. The first-order valence-corrected chi connectivity index (χ1v) is 8.03. The van der Waals surface area contributed by atoms with Gasteiger partial charge in [0.15, 0.2) is 0 Å². The smallest absolute Gasteiger partial charge is 0.137 e. The zero-order valence-electron chi connectivity index (χ0n) is 11.1. The molecule has 106 valence electrons. The molecule has 2 rings (SSSR count). The number of benzene rings is 1. The second-order valence-electron chi connectivity index (χ2n) is 4.53. The highest BCUT2D eigenvalue weighted by atomic mass is 79.9. The molecule has 1 aromatic carbocycles. The Balaban J connectivity index is 2.16. The Morgan fingerprint density at radius 3 is 2.85 bits per heavy atom. The first-order chi connectivity index (χ1) is 9.60. The van der Waals surface area contributed by atoms with Crippen LogP contribution in [-0.4, -0.2) is 11.0 Å². The van der Waals surface area contributed by atoms with Crippen LogP contribution in [0.15, 0.2) is 50.9 Å². The number of aromatic nitrogens is 1. The zero-order chi connectivity index (χ0) is 14.5. The molecule has 2 N–H and O–H groups in total. The van der Waals surface area contributed by atoms with Crippen LogP contribution >= 0.6 is 27.7 Å². The predicted molar refractivity (Wildman–Crippen MR) is 84.4 cm³/mol. The summed E-state index contributed by atoms with van der Waals surface area (Å²) in [5.41, 5.74) is 6.82. The fraction of sp³-hybridized carbons (Fsp3) is 0.267. The highest BCUT2D eigenvalue weighted by Gasteiger charge is 2.10. The van der Waals surface area contributed by atoms with Crippen LogP contribution < -0.4 is 5.73 Å². The summed E-state index contributed by atoms with van der Waals surface area (Å²) in [5, 5.41) is 0.754. The molecule has 0 aliphatic carbocycles. The summed E-state index contributed by atoms with van der Waals surface area (Å²) in [4.78, 5) is 4.80. The lowest BCUT2D eigenvalue weighted by Crippen LogP contribution is -2.21. The molecule has 1 unspecified atom stereocenters. The number of hydrogen-bond acceptors (Lipinski definition) is 3. The Bertz CT molecular complexity index is 592. The second kappa shape index (κ2) is 7.20. The van der Waals surface area contributed by atoms with Crippen molar-refractivity contribution >= 4 is 27.7 Å². The van der Waals surface area contributed by atoms with E-state index >= 15 is 0 Å². The van der Waals surface area contributed by atoms with E-state index in [0.29, 0.717) is 11.3 Å². The topological polar surface area (TPSA) is 38.9 Å². The van der Waals surface area contributed by atoms with E-state index in [0.717, 1.165) is 21.5 Å². The van der Waals surface area contributed by atoms with E-state index in [4.69, 9.17) is 5.73 Å². The Hall–Kier alpha value is -0.910. The molecule has 0 bridgehead atoms. The van der Waals surface area contributed by atoms with Crippen LogP contribution in [0.1, 0.15) is 18.9 Å². The van der Waals surface area contributed by atoms with Crippen LogP contribution in [0, 0.1) is 5.82 Å². The molecule has 0 saturated carbocycles. The van der Waals surface area contributed by atoms with Crippen LogP contribution in [0.3, 0.4) is 0 Å². The molecule has 1 aromatic heterocycles. The number of nitrogens with two attached hydrogens (primary N) is 1. The van der Waals surface area contributed by atoms with Gasteiger partial charge in [-0.1, -0.05) is 24.8 Å². The molecule has 0 aliphatic rings. The monoisotopic (exact) mass is 354 g/mol. The molecule has 0 radical (unpaired) electrons. The van der Waals surface area contributed by atoms with Crippen molar-refractivity contribution in [3.8, 4) is 0 Å². The summed E-state index contributed by atoms with van der Waals surface area (Å²) in [5.74, 6) is -0.228. The lowest BCUT2D eigenvalue weighted by atomic mass is 10.0. The quantitative estimate of drug-likeness (QED) is 0.863. The van der Waals surface area contributed by atoms with Gasteiger partial charge in [-0.25, -0.2) is 9.37 Å². The highest BCUT2D eigenvalue weighted by Crippen LogP contribution is 2.33. The Kier molecular flexibility index (Phi) is 5.57. The maximum Gasteiger partial charge on any atom is 0.137 e. The lowest BCUT2D eigenvalue weighted by molar-refractivity contribution is 0.592. The molecule has 0 saturated heterocycles. The van der Waals surface area contributed by atoms with Gasteiger partial charge in [-0.2, -0.15) is 0 Å². The van der Waals surface area contributed by atoms with Gasteiger partial charge >= 0.3 is 0 Å². The van der Waals surface area contributed by atoms with E-state index in [-0.39, 0.29) is 11.9 Å². The molecule has 0 amide bonds. The van der Waals surface area contributed by atoms with Gasteiger partial charge in [-0.15, -0.1) is 0 Å². The van der Waals surface area contributed by atoms with Crippen molar-refractivity contribution < 1.29 is 4.39 Å². The van der Waals surface area contributed by atoms with Crippen molar-refractivity contribution in [2.75, 3.05) is 0 Å². The number of nitrogens with zero attached hydrogens (tertiary/aromatic N) is 1. The summed E-state index contributed by atoms with van der Waals surface area (Å²) in [6.07, 6.45) is 3.28. The Labute approximate surface area is 131 Å². The van der Waals surface area contributed by atoms with E-state index in [1.165, 1.54) is 11.8 Å². The van der Waals surface area contributed by atoms with E-state index in [1.54, 1.807) is 18.3 Å². The first-order valence-electron chi connectivity index (χ1n) is 6.42. The highest BCUT2D eigenvalue weighted by molar-refractivity contribution is 9.10. The molecule has 0 spiro atoms. The Morgan fingerprint density at radius 1 is 1.40 bits per heavy atom. The summed E-state index contributed by atoms with van der Waals surface area (Å²) >= 11 is 4.72. The average Bonchev–Trinajstić information content (AvgIpc) is 2.44. The van der Waals surface area contributed by atoms with Gasteiger partial charge in [-0.05, 0) is 58.6 Å². The number of pyridine rings is 1. The lowest BCUT2D eigenvalue weighted by Gasteiger charge is -2.10. The molecule has 0 fully saturated rings. The normalized spacial score (nSPS) is 12.4. The van der Waals surface area contributed by atoms with Crippen molar-refractivity contribution in [2.45, 2.75) is 35.7 Å². The molecule has 1 heterocycles. The molecular formula is C15H16BrFN2S. The molecular weight excluding hydrogens is 339 g/mol. The van der Waals surface area contributed by atoms with E-state index in [9.17, 15) is 4.39 Å². The number of hydrogen-bond donors (Lipinski definition) is 1. The molecule has 0 aliphatic heterocycles. The predicted octanol–water partition coefficient (Wildman–Crippen LogP) is 4.41. The molecule has 2 nitrogen and oxygen atoms in total. The molecule has 5 heteroatoms. The SMILES string of the molecule is CCC(N)Cc1ccc(Sc2ncccc2Br)c(F)c1. The van der Waals surface area contributed by atoms with Crippen LogP contribution in [-0.2, 0) is 6.42 Å². The third kappa shape index (κ3) is 4.04. The van der Waals surface area contributed by atoms with Crippen LogP contribution in [0.5, 0.6) is 0 Å². The minimum atomic E-state index is -0.228. The van der Waals surface area contributed by atoms with Gasteiger partial charge < -0.3 is 5.73 Å². The van der Waals surface area contributed by atoms with Gasteiger partial charge in [0.2, 0.25) is 0 Å². The minimum absolute atomic E-state index is 0.0813. The van der Waals surface area contributed by atoms with Gasteiger partial charge in [0.1, 0.15) is 10.8 Å². The van der Waals surface area contributed by atoms with E-state index in [1.807, 2.05) is 25.1 Å². The number of rotatable bonds is 5. The van der Waals surface area contributed by atoms with Crippen molar-refractivity contribution in [3.63, 3.8) is 0 Å². The van der Waals surface area contributed by atoms with Crippen LogP contribution in [0.2, 0.25) is 0 Å². The van der Waals surface area contributed by atoms with Crippen molar-refractivity contribution in [1.29, 1.82) is 0 Å². The van der Waals surface area contributed by atoms with Gasteiger partial charge in [-0.3, -0.25) is 0 Å². The summed E-state index contributed by atoms with van der Waals surface area (Å²) in [6, 6.07) is 9.09. The summed E-state index contributed by atoms with van der Waals surface area (Å²) in [6.45, 7) is 2.03. The van der Waals surface area contributed by atoms with E-state index < -0.39 is 0 Å². The largest absolute Gasteiger partial charge is 0.327 e. The first kappa shape index (κ1) is 15.5. The molecule has 1 atom stereocenters. The van der Waals surface area contributed by atoms with Crippen molar-refractivity contribution in [3.05, 3.63) is 52.4 Å². The Morgan fingerprint density at radius 2 is 2.20 bits per heavy atom. The zero-order valence-corrected chi connectivity index (χ0v) is 13.5. The maximum atomic E-state index is 14.1. The van der Waals surface area contributed by atoms with Gasteiger partial charge in [0.05, 0.1) is 4.47 Å². The van der Waals surface area contributed by atoms with E-state index in [2.05, 4.69) is 20.9 Å². The van der Waals surface area contributed by atoms with Gasteiger partial charge in [0, 0.05) is 17.1 Å².